The molecule has 0 spiro atoms. The van der Waals surface area contributed by atoms with Gasteiger partial charge in [0.15, 0.2) is 0 Å². The summed E-state index contributed by atoms with van der Waals surface area (Å²) in [6, 6.07) is 21.2. The Balaban J connectivity index is 1.99. The number of aryl methyl sites for hydroxylation is 1. The number of sulfonamides is 1. The number of carbonyl (C=O) groups is 2. The first kappa shape index (κ1) is 28.2. The van der Waals surface area contributed by atoms with Crippen molar-refractivity contribution in [1.82, 2.24) is 10.2 Å². The lowest BCUT2D eigenvalue weighted by Crippen LogP contribution is -2.51. The number of amides is 2. The molecule has 0 unspecified atom stereocenters. The zero-order valence-corrected chi connectivity index (χ0v) is 22.8. The maximum absolute atomic E-state index is 13.8. The van der Waals surface area contributed by atoms with Crippen molar-refractivity contribution in [2.24, 2.45) is 0 Å². The van der Waals surface area contributed by atoms with Crippen LogP contribution in [0.3, 0.4) is 0 Å². The van der Waals surface area contributed by atoms with Gasteiger partial charge in [-0.1, -0.05) is 66.6 Å². The summed E-state index contributed by atoms with van der Waals surface area (Å²) in [7, 11) is -4.12. The van der Waals surface area contributed by atoms with Crippen LogP contribution in [-0.2, 0) is 26.2 Å². The summed E-state index contributed by atoms with van der Waals surface area (Å²) >= 11 is 5.97. The van der Waals surface area contributed by atoms with E-state index in [0.717, 1.165) is 21.9 Å². The van der Waals surface area contributed by atoms with Gasteiger partial charge in [-0.05, 0) is 62.2 Å². The highest BCUT2D eigenvalue weighted by Crippen LogP contribution is 2.26. The molecular formula is C28H32ClN3O4S. The third kappa shape index (κ3) is 7.33. The number of carbonyl (C=O) groups excluding carboxylic acids is 2. The summed E-state index contributed by atoms with van der Waals surface area (Å²) in [5.74, 6) is -0.797. The first-order valence-electron chi connectivity index (χ1n) is 12.1. The Hall–Kier alpha value is -3.36. The summed E-state index contributed by atoms with van der Waals surface area (Å²) in [4.78, 5) is 28.0. The van der Waals surface area contributed by atoms with E-state index in [4.69, 9.17) is 11.6 Å². The Bertz CT molecular complexity index is 1300. The van der Waals surface area contributed by atoms with Crippen molar-refractivity contribution in [3.63, 3.8) is 0 Å². The number of anilines is 1. The van der Waals surface area contributed by atoms with Gasteiger partial charge in [0.25, 0.3) is 10.0 Å². The van der Waals surface area contributed by atoms with E-state index in [1.54, 1.807) is 31.2 Å². The Morgan fingerprint density at radius 3 is 2.16 bits per heavy atom. The van der Waals surface area contributed by atoms with Crippen LogP contribution in [0.4, 0.5) is 5.69 Å². The molecule has 9 heteroatoms. The number of hydrogen-bond donors (Lipinski definition) is 1. The first-order valence-corrected chi connectivity index (χ1v) is 13.9. The lowest BCUT2D eigenvalue weighted by atomic mass is 10.1. The van der Waals surface area contributed by atoms with Crippen LogP contribution in [0.15, 0.2) is 83.8 Å². The van der Waals surface area contributed by atoms with Gasteiger partial charge in [0.1, 0.15) is 12.6 Å². The molecule has 1 N–H and O–H groups in total. The average molecular weight is 542 g/mol. The van der Waals surface area contributed by atoms with Crippen LogP contribution < -0.4 is 9.62 Å². The molecule has 196 valence electrons. The SMILES string of the molecule is CCCNC(=O)[C@@H](C)N(Cc1ccccc1)C(=O)CN(c1ccc(C)cc1)S(=O)(=O)c1ccc(Cl)cc1. The van der Waals surface area contributed by atoms with Crippen molar-refractivity contribution < 1.29 is 18.0 Å². The van der Waals surface area contributed by atoms with Gasteiger partial charge in [0.2, 0.25) is 11.8 Å². The topological polar surface area (TPSA) is 86.8 Å². The summed E-state index contributed by atoms with van der Waals surface area (Å²) in [6.07, 6.45) is 0.756. The van der Waals surface area contributed by atoms with Crippen LogP contribution in [0.5, 0.6) is 0 Å². The second-order valence-electron chi connectivity index (χ2n) is 8.78. The second-order valence-corrected chi connectivity index (χ2v) is 11.1. The molecular weight excluding hydrogens is 510 g/mol. The van der Waals surface area contributed by atoms with Crippen molar-refractivity contribution >= 4 is 39.1 Å². The third-order valence-corrected chi connectivity index (χ3v) is 7.95. The van der Waals surface area contributed by atoms with E-state index in [2.05, 4.69) is 5.32 Å². The minimum absolute atomic E-state index is 0.00798. The Morgan fingerprint density at radius 1 is 0.946 bits per heavy atom. The van der Waals surface area contributed by atoms with Gasteiger partial charge in [-0.15, -0.1) is 0 Å². The predicted molar refractivity (Wildman–Crippen MR) is 147 cm³/mol. The van der Waals surface area contributed by atoms with E-state index >= 15 is 0 Å². The fourth-order valence-electron chi connectivity index (χ4n) is 3.73. The van der Waals surface area contributed by atoms with Gasteiger partial charge in [-0.3, -0.25) is 13.9 Å². The molecule has 2 amide bonds. The van der Waals surface area contributed by atoms with Crippen LogP contribution in [-0.4, -0.2) is 44.3 Å². The predicted octanol–water partition coefficient (Wildman–Crippen LogP) is 4.79. The number of hydrogen-bond acceptors (Lipinski definition) is 4. The number of benzene rings is 3. The molecule has 3 aromatic carbocycles. The molecule has 0 aliphatic carbocycles. The van der Waals surface area contributed by atoms with Crippen LogP contribution >= 0.6 is 11.6 Å². The highest BCUT2D eigenvalue weighted by Gasteiger charge is 2.32. The molecule has 0 aliphatic rings. The van der Waals surface area contributed by atoms with E-state index in [1.807, 2.05) is 44.2 Å². The highest BCUT2D eigenvalue weighted by molar-refractivity contribution is 7.92. The van der Waals surface area contributed by atoms with Gasteiger partial charge in [0, 0.05) is 18.1 Å². The van der Waals surface area contributed by atoms with E-state index in [-0.39, 0.29) is 17.3 Å². The van der Waals surface area contributed by atoms with Crippen molar-refractivity contribution in [2.45, 2.75) is 44.7 Å². The first-order chi connectivity index (χ1) is 17.6. The molecule has 3 aromatic rings. The van der Waals surface area contributed by atoms with Crippen molar-refractivity contribution in [2.75, 3.05) is 17.4 Å². The quantitative estimate of drug-likeness (QED) is 0.378. The number of halogens is 1. The highest BCUT2D eigenvalue weighted by atomic mass is 35.5. The smallest absolute Gasteiger partial charge is 0.264 e. The lowest BCUT2D eigenvalue weighted by Gasteiger charge is -2.32. The monoisotopic (exact) mass is 541 g/mol. The van der Waals surface area contributed by atoms with Gasteiger partial charge >= 0.3 is 0 Å². The molecule has 1 atom stereocenters. The molecule has 7 nitrogen and oxygen atoms in total. The fourth-order valence-corrected chi connectivity index (χ4v) is 5.27. The molecule has 37 heavy (non-hydrogen) atoms. The van der Waals surface area contributed by atoms with Gasteiger partial charge < -0.3 is 10.2 Å². The lowest BCUT2D eigenvalue weighted by molar-refractivity contribution is -0.139. The minimum atomic E-state index is -4.12. The van der Waals surface area contributed by atoms with Crippen LogP contribution in [0.25, 0.3) is 0 Å². The van der Waals surface area contributed by atoms with Gasteiger partial charge in [-0.25, -0.2) is 8.42 Å². The maximum Gasteiger partial charge on any atom is 0.264 e. The van der Waals surface area contributed by atoms with Crippen molar-refractivity contribution in [1.29, 1.82) is 0 Å². The van der Waals surface area contributed by atoms with Crippen LogP contribution in [0.2, 0.25) is 5.02 Å². The zero-order valence-electron chi connectivity index (χ0n) is 21.2. The Morgan fingerprint density at radius 2 is 1.57 bits per heavy atom. The molecule has 0 saturated heterocycles. The van der Waals surface area contributed by atoms with E-state index in [1.165, 1.54) is 29.2 Å². The molecule has 0 fully saturated rings. The summed E-state index contributed by atoms with van der Waals surface area (Å²) in [5, 5.41) is 3.23. The molecule has 0 aliphatic heterocycles. The fraction of sp³-hybridized carbons (Fsp3) is 0.286. The van der Waals surface area contributed by atoms with E-state index in [9.17, 15) is 18.0 Å². The van der Waals surface area contributed by atoms with Crippen LogP contribution in [0, 0.1) is 6.92 Å². The van der Waals surface area contributed by atoms with Gasteiger partial charge in [-0.2, -0.15) is 0 Å². The van der Waals surface area contributed by atoms with E-state index < -0.39 is 28.5 Å². The molecule has 0 saturated carbocycles. The van der Waals surface area contributed by atoms with Crippen molar-refractivity contribution in [3.8, 4) is 0 Å². The summed E-state index contributed by atoms with van der Waals surface area (Å²) < 4.78 is 28.5. The third-order valence-electron chi connectivity index (χ3n) is 5.91. The maximum atomic E-state index is 13.8. The molecule has 0 bridgehead atoms. The standard InChI is InChI=1S/C28H32ClN3O4S/c1-4-18-30-28(34)22(3)31(19-23-8-6-5-7-9-23)27(33)20-32(25-14-10-21(2)11-15-25)37(35,36)26-16-12-24(29)13-17-26/h5-17,22H,4,18-20H2,1-3H3,(H,30,34)/t22-/m1/s1. The van der Waals surface area contributed by atoms with Gasteiger partial charge in [0.05, 0.1) is 10.6 Å². The number of rotatable bonds is 11. The number of nitrogens with one attached hydrogen (secondary N) is 1. The average Bonchev–Trinajstić information content (AvgIpc) is 2.89. The van der Waals surface area contributed by atoms with Crippen molar-refractivity contribution in [3.05, 3.63) is 95.0 Å². The Kier molecular flexibility index (Phi) is 9.72. The largest absolute Gasteiger partial charge is 0.354 e. The van der Waals surface area contributed by atoms with E-state index in [0.29, 0.717) is 17.3 Å². The molecule has 0 radical (unpaired) electrons. The minimum Gasteiger partial charge on any atom is -0.354 e. The Labute approximate surface area is 224 Å². The summed E-state index contributed by atoms with van der Waals surface area (Å²) in [6.45, 7) is 5.64. The molecule has 0 heterocycles. The number of nitrogens with zero attached hydrogens (tertiary/aromatic N) is 2. The zero-order chi connectivity index (χ0) is 27.0. The summed E-state index contributed by atoms with van der Waals surface area (Å²) in [5.41, 5.74) is 2.12. The van der Waals surface area contributed by atoms with Crippen LogP contribution in [0.1, 0.15) is 31.4 Å². The second kappa shape index (κ2) is 12.7. The molecule has 0 aromatic heterocycles. The molecule has 3 rings (SSSR count). The normalized spacial score (nSPS) is 12.0.